The summed E-state index contributed by atoms with van der Waals surface area (Å²) in [6, 6.07) is 1.53. The van der Waals surface area contributed by atoms with E-state index in [0.717, 1.165) is 6.20 Å². The number of H-pyrrole nitrogens is 1. The highest BCUT2D eigenvalue weighted by molar-refractivity contribution is 5.94. The van der Waals surface area contributed by atoms with Crippen LogP contribution >= 0.6 is 0 Å². The van der Waals surface area contributed by atoms with Crippen molar-refractivity contribution in [2.45, 2.75) is 6.18 Å². The van der Waals surface area contributed by atoms with Crippen LogP contribution in [0, 0.1) is 0 Å². The molecule has 0 aliphatic heterocycles. The summed E-state index contributed by atoms with van der Waals surface area (Å²) >= 11 is 0. The summed E-state index contributed by atoms with van der Waals surface area (Å²) in [5.74, 6) is -2.31. The monoisotopic (exact) mass is 230 g/mol. The highest BCUT2D eigenvalue weighted by Crippen LogP contribution is 2.17. The van der Waals surface area contributed by atoms with Crippen molar-refractivity contribution in [1.29, 1.82) is 0 Å². The van der Waals surface area contributed by atoms with Crippen molar-refractivity contribution in [3.63, 3.8) is 0 Å². The molecule has 5 nitrogen and oxygen atoms in total. The predicted octanol–water partition coefficient (Wildman–Crippen LogP) is 1.46. The van der Waals surface area contributed by atoms with Crippen LogP contribution in [-0.2, 0) is 4.79 Å². The fourth-order valence-electron chi connectivity index (χ4n) is 1.08. The number of anilines is 1. The Hall–Kier alpha value is -2.12. The number of fused-ring (bicyclic) bond motifs is 1. The van der Waals surface area contributed by atoms with Gasteiger partial charge in [-0.25, -0.2) is 9.97 Å². The molecule has 1 amide bonds. The average Bonchev–Trinajstić information content (AvgIpc) is 2.63. The Morgan fingerprint density at radius 3 is 2.88 bits per heavy atom. The van der Waals surface area contributed by atoms with Crippen molar-refractivity contribution < 1.29 is 18.0 Å². The lowest BCUT2D eigenvalue weighted by Gasteiger charge is -2.06. The third-order valence-corrected chi connectivity index (χ3v) is 1.76. The minimum absolute atomic E-state index is 0.241. The van der Waals surface area contributed by atoms with Crippen LogP contribution in [0.25, 0.3) is 11.2 Å². The molecule has 0 fully saturated rings. The topological polar surface area (TPSA) is 70.7 Å². The first-order valence-electron chi connectivity index (χ1n) is 4.15. The van der Waals surface area contributed by atoms with E-state index in [9.17, 15) is 18.0 Å². The fourth-order valence-corrected chi connectivity index (χ4v) is 1.08. The van der Waals surface area contributed by atoms with Crippen molar-refractivity contribution in [2.75, 3.05) is 5.32 Å². The lowest BCUT2D eigenvalue weighted by atomic mass is 10.5. The average molecular weight is 230 g/mol. The van der Waals surface area contributed by atoms with Gasteiger partial charge in [-0.3, -0.25) is 4.79 Å². The number of nitrogens with one attached hydrogen (secondary N) is 2. The van der Waals surface area contributed by atoms with Gasteiger partial charge in [-0.15, -0.1) is 0 Å². The highest BCUT2D eigenvalue weighted by Gasteiger charge is 2.38. The minimum atomic E-state index is -4.94. The standard InChI is InChI=1S/C8H5F3N4O/c9-8(10,11)7(16)15-5-3-13-6-4(14-5)1-2-12-6/h1-3H,(H,12,13)(H,14,15,16). The van der Waals surface area contributed by atoms with Crippen LogP contribution in [0.2, 0.25) is 0 Å². The van der Waals surface area contributed by atoms with Gasteiger partial charge in [-0.1, -0.05) is 0 Å². The van der Waals surface area contributed by atoms with Gasteiger partial charge in [-0.05, 0) is 6.07 Å². The molecule has 16 heavy (non-hydrogen) atoms. The van der Waals surface area contributed by atoms with Gasteiger partial charge in [0, 0.05) is 6.20 Å². The van der Waals surface area contributed by atoms with E-state index >= 15 is 0 Å². The third kappa shape index (κ3) is 1.95. The molecule has 0 saturated carbocycles. The van der Waals surface area contributed by atoms with Crippen LogP contribution in [0.3, 0.4) is 0 Å². The van der Waals surface area contributed by atoms with Crippen molar-refractivity contribution in [3.05, 3.63) is 18.5 Å². The second-order valence-electron chi connectivity index (χ2n) is 2.92. The van der Waals surface area contributed by atoms with Gasteiger partial charge in [0.1, 0.15) is 5.52 Å². The molecule has 2 N–H and O–H groups in total. The molecule has 0 spiro atoms. The molecule has 0 saturated heterocycles. The van der Waals surface area contributed by atoms with Gasteiger partial charge < -0.3 is 10.3 Å². The van der Waals surface area contributed by atoms with E-state index in [1.807, 2.05) is 0 Å². The van der Waals surface area contributed by atoms with Gasteiger partial charge in [0.15, 0.2) is 11.5 Å². The molecular weight excluding hydrogens is 225 g/mol. The third-order valence-electron chi connectivity index (χ3n) is 1.76. The fraction of sp³-hybridized carbons (Fsp3) is 0.125. The van der Waals surface area contributed by atoms with Crippen LogP contribution in [0.5, 0.6) is 0 Å². The SMILES string of the molecule is O=C(Nc1cnc2[nH]ccc2n1)C(F)(F)F. The number of aromatic nitrogens is 3. The summed E-state index contributed by atoms with van der Waals surface area (Å²) in [6.07, 6.45) is -2.35. The molecule has 0 aromatic carbocycles. The molecule has 0 unspecified atom stereocenters. The lowest BCUT2D eigenvalue weighted by molar-refractivity contribution is -0.167. The summed E-state index contributed by atoms with van der Waals surface area (Å²) < 4.78 is 35.8. The summed E-state index contributed by atoms with van der Waals surface area (Å²) in [5.41, 5.74) is 0.810. The van der Waals surface area contributed by atoms with E-state index < -0.39 is 12.1 Å². The smallest absolute Gasteiger partial charge is 0.345 e. The molecular formula is C8H5F3N4O. The molecule has 84 valence electrons. The van der Waals surface area contributed by atoms with Crippen LogP contribution in [0.15, 0.2) is 18.5 Å². The number of amides is 1. The van der Waals surface area contributed by atoms with E-state index in [1.54, 1.807) is 11.5 Å². The summed E-state index contributed by atoms with van der Waals surface area (Å²) in [7, 11) is 0. The first kappa shape index (κ1) is 10.4. The number of alkyl halides is 3. The molecule has 0 radical (unpaired) electrons. The Labute approximate surface area is 86.7 Å². The number of halogens is 3. The van der Waals surface area contributed by atoms with Crippen LogP contribution in [0.4, 0.5) is 19.0 Å². The second kappa shape index (κ2) is 3.47. The summed E-state index contributed by atoms with van der Waals surface area (Å²) in [6.45, 7) is 0. The van der Waals surface area contributed by atoms with E-state index in [1.165, 1.54) is 6.07 Å². The van der Waals surface area contributed by atoms with Crippen molar-refractivity contribution in [3.8, 4) is 0 Å². The van der Waals surface area contributed by atoms with Crippen molar-refractivity contribution >= 4 is 22.9 Å². The van der Waals surface area contributed by atoms with Crippen LogP contribution in [0.1, 0.15) is 0 Å². The number of hydrogen-bond donors (Lipinski definition) is 2. The summed E-state index contributed by atoms with van der Waals surface area (Å²) in [4.78, 5) is 20.9. The lowest BCUT2D eigenvalue weighted by Crippen LogP contribution is -2.30. The first-order valence-corrected chi connectivity index (χ1v) is 4.15. The number of hydrogen-bond acceptors (Lipinski definition) is 3. The Morgan fingerprint density at radius 2 is 2.19 bits per heavy atom. The van der Waals surface area contributed by atoms with E-state index in [0.29, 0.717) is 11.2 Å². The number of carbonyl (C=O) groups is 1. The zero-order valence-corrected chi connectivity index (χ0v) is 7.67. The van der Waals surface area contributed by atoms with Crippen LogP contribution < -0.4 is 5.32 Å². The maximum atomic E-state index is 11.9. The zero-order chi connectivity index (χ0) is 11.8. The molecule has 2 heterocycles. The molecule has 8 heteroatoms. The molecule has 0 atom stereocenters. The van der Waals surface area contributed by atoms with Crippen LogP contribution in [-0.4, -0.2) is 27.0 Å². The quantitative estimate of drug-likeness (QED) is 0.779. The maximum absolute atomic E-state index is 11.9. The van der Waals surface area contributed by atoms with Crippen molar-refractivity contribution in [2.24, 2.45) is 0 Å². The number of aromatic amines is 1. The Kier molecular flexibility index (Phi) is 2.26. The Bertz CT molecular complexity index is 533. The molecule has 2 aromatic rings. The van der Waals surface area contributed by atoms with Gasteiger partial charge in [0.2, 0.25) is 0 Å². The van der Waals surface area contributed by atoms with Gasteiger partial charge in [0.25, 0.3) is 0 Å². The van der Waals surface area contributed by atoms with Crippen molar-refractivity contribution in [1.82, 2.24) is 15.0 Å². The zero-order valence-electron chi connectivity index (χ0n) is 7.67. The highest BCUT2D eigenvalue weighted by atomic mass is 19.4. The Balaban J connectivity index is 2.24. The normalized spacial score (nSPS) is 11.7. The van der Waals surface area contributed by atoms with E-state index in [2.05, 4.69) is 15.0 Å². The maximum Gasteiger partial charge on any atom is 0.471 e. The number of nitrogens with zero attached hydrogens (tertiary/aromatic N) is 2. The number of rotatable bonds is 1. The Morgan fingerprint density at radius 1 is 1.44 bits per heavy atom. The first-order chi connectivity index (χ1) is 7.47. The molecule has 0 aliphatic carbocycles. The minimum Gasteiger partial charge on any atom is -0.345 e. The molecule has 0 aliphatic rings. The summed E-state index contributed by atoms with van der Waals surface area (Å²) in [5, 5.41) is 1.61. The van der Waals surface area contributed by atoms with Gasteiger partial charge in [-0.2, -0.15) is 13.2 Å². The van der Waals surface area contributed by atoms with Gasteiger partial charge in [0.05, 0.1) is 6.20 Å². The van der Waals surface area contributed by atoms with E-state index in [-0.39, 0.29) is 5.82 Å². The van der Waals surface area contributed by atoms with Gasteiger partial charge >= 0.3 is 12.1 Å². The van der Waals surface area contributed by atoms with E-state index in [4.69, 9.17) is 0 Å². The largest absolute Gasteiger partial charge is 0.471 e. The molecule has 0 bridgehead atoms. The number of carbonyl (C=O) groups excluding carboxylic acids is 1. The molecule has 2 aromatic heterocycles. The molecule has 2 rings (SSSR count). The predicted molar refractivity (Wildman–Crippen MR) is 48.6 cm³/mol. The second-order valence-corrected chi connectivity index (χ2v) is 2.92.